The van der Waals surface area contributed by atoms with E-state index >= 15 is 0 Å². The normalized spacial score (nSPS) is 11.7. The van der Waals surface area contributed by atoms with Gasteiger partial charge in [0.1, 0.15) is 0 Å². The molecule has 0 amide bonds. The molecular weight excluding hydrogens is 224 g/mol. The van der Waals surface area contributed by atoms with Gasteiger partial charge in [-0.05, 0) is 24.7 Å². The molecular formula is C14H34N4. The minimum atomic E-state index is 0.710. The van der Waals surface area contributed by atoms with E-state index in [2.05, 4.69) is 49.4 Å². The average Bonchev–Trinajstić information content (AvgIpc) is 2.29. The van der Waals surface area contributed by atoms with Crippen LogP contribution in [0.25, 0.3) is 0 Å². The van der Waals surface area contributed by atoms with Crippen molar-refractivity contribution < 1.29 is 0 Å². The Labute approximate surface area is 114 Å². The van der Waals surface area contributed by atoms with Gasteiger partial charge < -0.3 is 0 Å². The lowest BCUT2D eigenvalue weighted by Crippen LogP contribution is -2.35. The molecule has 4 nitrogen and oxygen atoms in total. The second-order valence-corrected chi connectivity index (χ2v) is 5.82. The monoisotopic (exact) mass is 258 g/mol. The van der Waals surface area contributed by atoms with Gasteiger partial charge >= 0.3 is 0 Å². The minimum Gasteiger partial charge on any atom is -0.258 e. The lowest BCUT2D eigenvalue weighted by atomic mass is 10.2. The molecule has 0 fully saturated rings. The van der Waals surface area contributed by atoms with Crippen LogP contribution in [-0.4, -0.2) is 26.2 Å². The molecule has 110 valence electrons. The first-order valence-corrected chi connectivity index (χ1v) is 7.54. The molecule has 4 heteroatoms. The minimum absolute atomic E-state index is 0.710. The first-order chi connectivity index (χ1) is 8.63. The molecule has 0 saturated heterocycles. The molecule has 0 heterocycles. The van der Waals surface area contributed by atoms with Gasteiger partial charge in [-0.3, -0.25) is 21.7 Å². The molecule has 0 aromatic carbocycles. The van der Waals surface area contributed by atoms with Crippen LogP contribution >= 0.6 is 0 Å². The van der Waals surface area contributed by atoms with Crippen molar-refractivity contribution in [2.24, 2.45) is 11.8 Å². The zero-order valence-corrected chi connectivity index (χ0v) is 12.8. The van der Waals surface area contributed by atoms with Gasteiger partial charge in [-0.15, -0.1) is 0 Å². The van der Waals surface area contributed by atoms with Crippen molar-refractivity contribution in [2.45, 2.75) is 53.4 Å². The summed E-state index contributed by atoms with van der Waals surface area (Å²) in [7, 11) is 0. The number of hydrogen-bond acceptors (Lipinski definition) is 4. The van der Waals surface area contributed by atoms with E-state index in [1.165, 1.54) is 25.7 Å². The molecule has 0 bridgehead atoms. The second kappa shape index (κ2) is 13.3. The maximum absolute atomic E-state index is 3.26. The first kappa shape index (κ1) is 17.8. The molecule has 0 atom stereocenters. The Morgan fingerprint density at radius 3 is 1.28 bits per heavy atom. The van der Waals surface area contributed by atoms with Crippen molar-refractivity contribution in [3.63, 3.8) is 0 Å². The summed E-state index contributed by atoms with van der Waals surface area (Å²) in [5.74, 6) is 1.42. The zero-order chi connectivity index (χ0) is 13.6. The molecule has 4 N–H and O–H groups in total. The molecule has 0 unspecified atom stereocenters. The van der Waals surface area contributed by atoms with E-state index < -0.39 is 0 Å². The molecule has 0 rings (SSSR count). The van der Waals surface area contributed by atoms with Crippen LogP contribution < -0.4 is 21.7 Å². The Morgan fingerprint density at radius 2 is 0.944 bits per heavy atom. The molecule has 0 radical (unpaired) electrons. The Hall–Kier alpha value is -0.160. The van der Waals surface area contributed by atoms with Crippen molar-refractivity contribution in [3.8, 4) is 0 Å². The maximum Gasteiger partial charge on any atom is 0.0123 e. The fraction of sp³-hybridized carbons (Fsp3) is 1.00. The van der Waals surface area contributed by atoms with E-state index in [1.807, 2.05) is 0 Å². The van der Waals surface area contributed by atoms with Gasteiger partial charge in [0.05, 0.1) is 0 Å². The smallest absolute Gasteiger partial charge is 0.0123 e. The average molecular weight is 258 g/mol. The van der Waals surface area contributed by atoms with Gasteiger partial charge in [0, 0.05) is 26.2 Å². The molecule has 0 aliphatic carbocycles. The summed E-state index contributed by atoms with van der Waals surface area (Å²) in [6.45, 7) is 13.1. The number of hydrazine groups is 2. The van der Waals surface area contributed by atoms with Gasteiger partial charge in [-0.2, -0.15) is 0 Å². The molecule has 0 spiro atoms. The van der Waals surface area contributed by atoms with Gasteiger partial charge in [0.25, 0.3) is 0 Å². The highest BCUT2D eigenvalue weighted by molar-refractivity contribution is 4.51. The summed E-state index contributed by atoms with van der Waals surface area (Å²) in [5, 5.41) is 0. The van der Waals surface area contributed by atoms with E-state index in [-0.39, 0.29) is 0 Å². The first-order valence-electron chi connectivity index (χ1n) is 7.54. The molecule has 0 saturated carbocycles. The summed E-state index contributed by atoms with van der Waals surface area (Å²) in [6.07, 6.45) is 5.12. The van der Waals surface area contributed by atoms with Gasteiger partial charge in [0.2, 0.25) is 0 Å². The van der Waals surface area contributed by atoms with E-state index in [4.69, 9.17) is 0 Å². The van der Waals surface area contributed by atoms with E-state index in [0.717, 1.165) is 26.2 Å². The summed E-state index contributed by atoms with van der Waals surface area (Å²) < 4.78 is 0. The summed E-state index contributed by atoms with van der Waals surface area (Å²) in [4.78, 5) is 0. The van der Waals surface area contributed by atoms with Crippen molar-refractivity contribution in [3.05, 3.63) is 0 Å². The Kier molecular flexibility index (Phi) is 13.2. The Morgan fingerprint density at radius 1 is 0.556 bits per heavy atom. The second-order valence-electron chi connectivity index (χ2n) is 5.82. The molecule has 18 heavy (non-hydrogen) atoms. The number of hydrogen-bond donors (Lipinski definition) is 4. The van der Waals surface area contributed by atoms with Crippen LogP contribution in [0, 0.1) is 11.8 Å². The van der Waals surface area contributed by atoms with Crippen LogP contribution in [-0.2, 0) is 0 Å². The quantitative estimate of drug-likeness (QED) is 0.302. The summed E-state index contributed by atoms with van der Waals surface area (Å²) in [5.41, 5.74) is 13.0. The van der Waals surface area contributed by atoms with E-state index in [0.29, 0.717) is 11.8 Å². The lowest BCUT2D eigenvalue weighted by Gasteiger charge is -2.10. The van der Waals surface area contributed by atoms with Crippen molar-refractivity contribution >= 4 is 0 Å². The Bertz CT molecular complexity index is 142. The standard InChI is InChI=1S/C14H34N4/c1-13(2)11-17-15-9-7-5-6-8-10-16-18-12-14(3)4/h13-18H,5-12H2,1-4H3. The highest BCUT2D eigenvalue weighted by atomic mass is 15.3. The van der Waals surface area contributed by atoms with Crippen LogP contribution in [0.5, 0.6) is 0 Å². The van der Waals surface area contributed by atoms with Crippen molar-refractivity contribution in [2.75, 3.05) is 26.2 Å². The van der Waals surface area contributed by atoms with Gasteiger partial charge in [-0.25, -0.2) is 0 Å². The van der Waals surface area contributed by atoms with Gasteiger partial charge in [0.15, 0.2) is 0 Å². The van der Waals surface area contributed by atoms with Crippen LogP contribution in [0.1, 0.15) is 53.4 Å². The number of unbranched alkanes of at least 4 members (excludes halogenated alkanes) is 3. The van der Waals surface area contributed by atoms with E-state index in [1.54, 1.807) is 0 Å². The number of nitrogens with one attached hydrogen (secondary N) is 4. The molecule has 0 aromatic heterocycles. The van der Waals surface area contributed by atoms with Crippen LogP contribution in [0.3, 0.4) is 0 Å². The Balaban J connectivity index is 2.95. The summed E-state index contributed by atoms with van der Waals surface area (Å²) >= 11 is 0. The molecule has 0 aliphatic rings. The zero-order valence-electron chi connectivity index (χ0n) is 12.8. The van der Waals surface area contributed by atoms with Crippen LogP contribution in [0.15, 0.2) is 0 Å². The largest absolute Gasteiger partial charge is 0.258 e. The van der Waals surface area contributed by atoms with Crippen molar-refractivity contribution in [1.82, 2.24) is 21.7 Å². The lowest BCUT2D eigenvalue weighted by molar-refractivity contribution is 0.444. The fourth-order valence-corrected chi connectivity index (χ4v) is 1.51. The predicted octanol–water partition coefficient (Wildman–Crippen LogP) is 2.05. The topological polar surface area (TPSA) is 48.1 Å². The highest BCUT2D eigenvalue weighted by Gasteiger charge is 1.94. The molecule has 0 aliphatic heterocycles. The third-order valence-corrected chi connectivity index (χ3v) is 2.62. The maximum atomic E-state index is 3.26. The third kappa shape index (κ3) is 15.8. The fourth-order valence-electron chi connectivity index (χ4n) is 1.51. The van der Waals surface area contributed by atoms with Crippen LogP contribution in [0.4, 0.5) is 0 Å². The SMILES string of the molecule is CC(C)CNNCCCCCCNNCC(C)C. The predicted molar refractivity (Wildman–Crippen MR) is 80.2 cm³/mol. The summed E-state index contributed by atoms with van der Waals surface area (Å²) in [6, 6.07) is 0. The third-order valence-electron chi connectivity index (χ3n) is 2.62. The highest BCUT2D eigenvalue weighted by Crippen LogP contribution is 1.97. The van der Waals surface area contributed by atoms with E-state index in [9.17, 15) is 0 Å². The number of rotatable bonds is 13. The van der Waals surface area contributed by atoms with Crippen LogP contribution in [0.2, 0.25) is 0 Å². The molecule has 0 aromatic rings. The van der Waals surface area contributed by atoms with Crippen molar-refractivity contribution in [1.29, 1.82) is 0 Å². The van der Waals surface area contributed by atoms with Gasteiger partial charge in [-0.1, -0.05) is 40.5 Å².